The zero-order valence-corrected chi connectivity index (χ0v) is 5.65. The molecule has 0 amide bonds. The van der Waals surface area contributed by atoms with Crippen LogP contribution >= 0.6 is 0 Å². The van der Waals surface area contributed by atoms with Crippen LogP contribution in [0.15, 0.2) is 12.7 Å². The molecular weight excluding hydrogens is 140 g/mol. The van der Waals surface area contributed by atoms with E-state index in [0.717, 1.165) is 12.8 Å². The third-order valence-electron chi connectivity index (χ3n) is 1.35. The van der Waals surface area contributed by atoms with Gasteiger partial charge in [0.05, 0.1) is 11.4 Å². The average Bonchev–Trinajstić information content (AvgIpc) is 2.48. The number of hydrogen-bond donors (Lipinski definition) is 0. The summed E-state index contributed by atoms with van der Waals surface area (Å²) in [6.07, 6.45) is 3.07. The van der Waals surface area contributed by atoms with E-state index in [1.54, 1.807) is 0 Å². The van der Waals surface area contributed by atoms with Crippen LogP contribution in [0.5, 0.6) is 0 Å². The van der Waals surface area contributed by atoms with Crippen molar-refractivity contribution in [1.29, 1.82) is 0 Å². The van der Waals surface area contributed by atoms with Crippen LogP contribution in [0.25, 0.3) is 0 Å². The Hall–Kier alpha value is -0.190. The highest BCUT2D eigenvalue weighted by molar-refractivity contribution is 7.74. The van der Waals surface area contributed by atoms with Crippen molar-refractivity contribution in [3.8, 4) is 0 Å². The smallest absolute Gasteiger partial charge is 0.102 e. The quantitative estimate of drug-likeness (QED) is 0.432. The van der Waals surface area contributed by atoms with Crippen molar-refractivity contribution in [1.82, 2.24) is 0 Å². The lowest BCUT2D eigenvalue weighted by atomic mass is 10.3. The minimum Gasteiger partial charge on any atom is -0.750 e. The van der Waals surface area contributed by atoms with Crippen LogP contribution < -0.4 is 0 Å². The largest absolute Gasteiger partial charge is 0.750 e. The van der Waals surface area contributed by atoms with E-state index >= 15 is 0 Å². The van der Waals surface area contributed by atoms with Gasteiger partial charge in [0, 0.05) is 0 Å². The van der Waals surface area contributed by atoms with Gasteiger partial charge < -0.3 is 4.55 Å². The van der Waals surface area contributed by atoms with Crippen LogP contribution in [0.2, 0.25) is 0 Å². The SMILES string of the molecule is C=CC1(OS(=O)[O-])CC1. The molecule has 1 rings (SSSR count). The molecule has 0 spiro atoms. The summed E-state index contributed by atoms with van der Waals surface area (Å²) in [6.45, 7) is 3.45. The third kappa shape index (κ3) is 1.61. The summed E-state index contributed by atoms with van der Waals surface area (Å²) in [5, 5.41) is 0. The van der Waals surface area contributed by atoms with E-state index in [2.05, 4.69) is 10.8 Å². The van der Waals surface area contributed by atoms with Crippen molar-refractivity contribution in [2.75, 3.05) is 0 Å². The minimum absolute atomic E-state index is 0.535. The maximum absolute atomic E-state index is 9.94. The van der Waals surface area contributed by atoms with Gasteiger partial charge in [-0.3, -0.25) is 4.18 Å². The van der Waals surface area contributed by atoms with Crippen LogP contribution in [0, 0.1) is 0 Å². The molecule has 0 heterocycles. The summed E-state index contributed by atoms with van der Waals surface area (Å²) >= 11 is -2.39. The Kier molecular flexibility index (Phi) is 1.70. The summed E-state index contributed by atoms with van der Waals surface area (Å²) in [6, 6.07) is 0. The van der Waals surface area contributed by atoms with E-state index in [1.165, 1.54) is 6.08 Å². The van der Waals surface area contributed by atoms with E-state index in [-0.39, 0.29) is 0 Å². The molecule has 9 heavy (non-hydrogen) atoms. The molecule has 1 unspecified atom stereocenters. The van der Waals surface area contributed by atoms with Gasteiger partial charge in [0.1, 0.15) is 5.60 Å². The highest BCUT2D eigenvalue weighted by Gasteiger charge is 2.41. The molecular formula is C5H7O3S-. The Morgan fingerprint density at radius 3 is 2.44 bits per heavy atom. The molecule has 1 atom stereocenters. The topological polar surface area (TPSA) is 49.4 Å². The van der Waals surface area contributed by atoms with Crippen LogP contribution in [0.1, 0.15) is 12.8 Å². The van der Waals surface area contributed by atoms with E-state index in [0.29, 0.717) is 0 Å². The highest BCUT2D eigenvalue weighted by Crippen LogP contribution is 2.40. The van der Waals surface area contributed by atoms with Gasteiger partial charge in [-0.15, -0.1) is 6.58 Å². The van der Waals surface area contributed by atoms with E-state index in [1.807, 2.05) is 0 Å². The van der Waals surface area contributed by atoms with Crippen LogP contribution in [0.4, 0.5) is 0 Å². The Morgan fingerprint density at radius 1 is 1.78 bits per heavy atom. The van der Waals surface area contributed by atoms with Crippen molar-refractivity contribution in [3.63, 3.8) is 0 Å². The Bertz CT molecular complexity index is 150. The summed E-state index contributed by atoms with van der Waals surface area (Å²) in [5.41, 5.74) is -0.535. The lowest BCUT2D eigenvalue weighted by molar-refractivity contribution is 0.226. The van der Waals surface area contributed by atoms with Crippen molar-refractivity contribution < 1.29 is 12.9 Å². The predicted molar refractivity (Wildman–Crippen MR) is 32.2 cm³/mol. The molecule has 0 aromatic heterocycles. The first-order valence-electron chi connectivity index (χ1n) is 2.61. The van der Waals surface area contributed by atoms with Gasteiger partial charge >= 0.3 is 0 Å². The lowest BCUT2D eigenvalue weighted by Crippen LogP contribution is -2.11. The Labute approximate surface area is 56.2 Å². The van der Waals surface area contributed by atoms with Crippen LogP contribution in [0.3, 0.4) is 0 Å². The first-order chi connectivity index (χ1) is 4.18. The van der Waals surface area contributed by atoms with Gasteiger partial charge in [-0.2, -0.15) is 0 Å². The van der Waals surface area contributed by atoms with E-state index in [9.17, 15) is 8.76 Å². The first-order valence-corrected chi connectivity index (χ1v) is 3.61. The van der Waals surface area contributed by atoms with Crippen LogP contribution in [-0.2, 0) is 15.5 Å². The second-order valence-electron chi connectivity index (χ2n) is 2.06. The summed E-state index contributed by atoms with van der Waals surface area (Å²) in [4.78, 5) is 0. The molecule has 4 heteroatoms. The van der Waals surface area contributed by atoms with Gasteiger partial charge in [-0.05, 0) is 12.8 Å². The van der Waals surface area contributed by atoms with Gasteiger partial charge in [0.2, 0.25) is 0 Å². The number of rotatable bonds is 3. The summed E-state index contributed by atoms with van der Waals surface area (Å²) < 4.78 is 24.4. The van der Waals surface area contributed by atoms with Gasteiger partial charge in [-0.25, -0.2) is 4.21 Å². The number of hydrogen-bond acceptors (Lipinski definition) is 3. The highest BCUT2D eigenvalue weighted by atomic mass is 32.2. The molecule has 0 bridgehead atoms. The van der Waals surface area contributed by atoms with Gasteiger partial charge in [0.25, 0.3) is 0 Å². The van der Waals surface area contributed by atoms with Crippen molar-refractivity contribution in [2.45, 2.75) is 18.4 Å². The lowest BCUT2D eigenvalue weighted by Gasteiger charge is -2.11. The van der Waals surface area contributed by atoms with Crippen molar-refractivity contribution in [2.24, 2.45) is 0 Å². The molecule has 0 aliphatic heterocycles. The summed E-state index contributed by atoms with van der Waals surface area (Å²) in [5.74, 6) is 0. The average molecular weight is 147 g/mol. The molecule has 1 aliphatic carbocycles. The minimum atomic E-state index is -2.39. The predicted octanol–water partition coefficient (Wildman–Crippen LogP) is 0.516. The molecule has 0 aromatic rings. The normalized spacial score (nSPS) is 25.0. The molecule has 1 aliphatic rings. The van der Waals surface area contributed by atoms with E-state index in [4.69, 9.17) is 0 Å². The molecule has 0 aromatic carbocycles. The monoisotopic (exact) mass is 147 g/mol. The molecule has 0 saturated heterocycles. The molecule has 1 fully saturated rings. The maximum atomic E-state index is 9.94. The molecule has 0 radical (unpaired) electrons. The van der Waals surface area contributed by atoms with Gasteiger partial charge in [-0.1, -0.05) is 6.08 Å². The maximum Gasteiger partial charge on any atom is 0.102 e. The van der Waals surface area contributed by atoms with Crippen molar-refractivity contribution >= 4 is 11.4 Å². The standard InChI is InChI=1S/C5H8O3S/c1-2-5(3-4-5)8-9(6)7/h2H,1,3-4H2,(H,6,7)/p-1. The fraction of sp³-hybridized carbons (Fsp3) is 0.600. The molecule has 1 saturated carbocycles. The molecule has 52 valence electrons. The molecule has 3 nitrogen and oxygen atoms in total. The zero-order valence-electron chi connectivity index (χ0n) is 4.83. The Balaban J connectivity index is 2.42. The first kappa shape index (κ1) is 6.92. The Morgan fingerprint density at radius 2 is 2.33 bits per heavy atom. The van der Waals surface area contributed by atoms with Crippen LogP contribution in [-0.4, -0.2) is 14.4 Å². The van der Waals surface area contributed by atoms with Gasteiger partial charge in [0.15, 0.2) is 0 Å². The zero-order chi connectivity index (χ0) is 6.91. The second-order valence-corrected chi connectivity index (χ2v) is 2.63. The second kappa shape index (κ2) is 2.21. The third-order valence-corrected chi connectivity index (χ3v) is 1.82. The summed E-state index contributed by atoms with van der Waals surface area (Å²) in [7, 11) is 0. The fourth-order valence-electron chi connectivity index (χ4n) is 0.580. The molecule has 0 N–H and O–H groups in total. The fourth-order valence-corrected chi connectivity index (χ4v) is 1.09. The van der Waals surface area contributed by atoms with Crippen molar-refractivity contribution in [3.05, 3.63) is 12.7 Å². The van der Waals surface area contributed by atoms with E-state index < -0.39 is 17.0 Å².